The summed E-state index contributed by atoms with van der Waals surface area (Å²) >= 11 is 2.21. The average Bonchev–Trinajstić information content (AvgIpc) is 2.30. The van der Waals surface area contributed by atoms with E-state index >= 15 is 0 Å². The Kier molecular flexibility index (Phi) is 1.88. The van der Waals surface area contributed by atoms with Gasteiger partial charge in [-0.1, -0.05) is 24.3 Å². The van der Waals surface area contributed by atoms with Crippen molar-refractivity contribution in [1.82, 2.24) is 4.98 Å². The van der Waals surface area contributed by atoms with Gasteiger partial charge in [-0.25, -0.2) is 4.98 Å². The van der Waals surface area contributed by atoms with Gasteiger partial charge in [0, 0.05) is 5.56 Å². The molecule has 12 heavy (non-hydrogen) atoms. The Morgan fingerprint density at radius 1 is 1.17 bits per heavy atom. The van der Waals surface area contributed by atoms with E-state index in [4.69, 9.17) is 5.73 Å². The molecule has 1 aliphatic carbocycles. The Labute approximate surface area is 84.3 Å². The minimum atomic E-state index is 0.622. The summed E-state index contributed by atoms with van der Waals surface area (Å²) in [5.41, 5.74) is 7.76. The highest BCUT2D eigenvalue weighted by molar-refractivity contribution is 14.1. The zero-order valence-electron chi connectivity index (χ0n) is 6.29. The Balaban J connectivity index is 2.79. The molecule has 0 atom stereocenters. The Morgan fingerprint density at radius 3 is 2.75 bits per heavy atom. The van der Waals surface area contributed by atoms with Crippen molar-refractivity contribution < 1.29 is 0 Å². The normalized spacial score (nSPS) is 10.4. The molecule has 0 spiro atoms. The molecule has 0 bridgehead atoms. The first-order chi connectivity index (χ1) is 5.79. The van der Waals surface area contributed by atoms with E-state index in [2.05, 4.69) is 27.6 Å². The van der Waals surface area contributed by atoms with E-state index in [1.165, 1.54) is 0 Å². The van der Waals surface area contributed by atoms with Gasteiger partial charge in [-0.3, -0.25) is 0 Å². The zero-order valence-corrected chi connectivity index (χ0v) is 8.45. The van der Waals surface area contributed by atoms with Crippen molar-refractivity contribution in [2.45, 2.75) is 0 Å². The van der Waals surface area contributed by atoms with Crippen molar-refractivity contribution in [3.63, 3.8) is 0 Å². The molecular formula is C9H7IN2. The first-order valence-electron chi connectivity index (χ1n) is 3.59. The molecule has 1 aliphatic heterocycles. The smallest absolute Gasteiger partial charge is 0.138 e. The molecule has 1 heterocycles. The van der Waals surface area contributed by atoms with Gasteiger partial charge in [0.2, 0.25) is 0 Å². The van der Waals surface area contributed by atoms with Crippen LogP contribution in [0.4, 0.5) is 5.82 Å². The standard InChI is InChI=1S/C9H7IN2/c10-8-6-4-2-1-3-5-7(6)12-9(8)11/h1-5H,(H2,11,12). The summed E-state index contributed by atoms with van der Waals surface area (Å²) in [6.07, 6.45) is 0. The molecule has 0 unspecified atom stereocenters. The second-order valence-corrected chi connectivity index (χ2v) is 3.60. The third-order valence-corrected chi connectivity index (χ3v) is 2.85. The van der Waals surface area contributed by atoms with Gasteiger partial charge in [-0.2, -0.15) is 0 Å². The summed E-state index contributed by atoms with van der Waals surface area (Å²) in [6, 6.07) is 9.93. The van der Waals surface area contributed by atoms with E-state index in [9.17, 15) is 0 Å². The quantitative estimate of drug-likeness (QED) is 0.746. The molecule has 2 N–H and O–H groups in total. The maximum atomic E-state index is 5.67. The van der Waals surface area contributed by atoms with Crippen LogP contribution in [-0.4, -0.2) is 4.98 Å². The van der Waals surface area contributed by atoms with Crippen LogP contribution in [0.3, 0.4) is 0 Å². The van der Waals surface area contributed by atoms with E-state index in [-0.39, 0.29) is 0 Å². The van der Waals surface area contributed by atoms with Gasteiger partial charge in [-0.15, -0.1) is 0 Å². The molecule has 0 amide bonds. The number of halogens is 1. The van der Waals surface area contributed by atoms with E-state index in [0.717, 1.165) is 14.8 Å². The largest absolute Gasteiger partial charge is 0.383 e. The maximum Gasteiger partial charge on any atom is 0.138 e. The predicted molar refractivity (Wildman–Crippen MR) is 58.0 cm³/mol. The average molecular weight is 270 g/mol. The van der Waals surface area contributed by atoms with Crippen molar-refractivity contribution in [3.8, 4) is 11.3 Å². The van der Waals surface area contributed by atoms with Crippen LogP contribution in [0.5, 0.6) is 0 Å². The van der Waals surface area contributed by atoms with Gasteiger partial charge in [0.05, 0.1) is 9.26 Å². The van der Waals surface area contributed by atoms with Crippen molar-refractivity contribution >= 4 is 28.4 Å². The highest BCUT2D eigenvalue weighted by Crippen LogP contribution is 2.29. The molecule has 60 valence electrons. The first-order valence-corrected chi connectivity index (χ1v) is 4.66. The number of aromatic nitrogens is 1. The van der Waals surface area contributed by atoms with Gasteiger partial charge in [0.1, 0.15) is 5.82 Å². The SMILES string of the molecule is Nc1nc2cccccc-2c1I. The number of hydrogen-bond acceptors (Lipinski definition) is 2. The maximum absolute atomic E-state index is 5.67. The predicted octanol–water partition coefficient (Wildman–Crippen LogP) is 2.37. The van der Waals surface area contributed by atoms with Crippen LogP contribution < -0.4 is 5.73 Å². The first kappa shape index (κ1) is 7.79. The number of fused-ring (bicyclic) bond motifs is 1. The third-order valence-electron chi connectivity index (χ3n) is 1.72. The number of anilines is 1. The number of rotatable bonds is 0. The molecular weight excluding hydrogens is 263 g/mol. The molecule has 0 aromatic rings. The van der Waals surface area contributed by atoms with Gasteiger partial charge in [0.15, 0.2) is 0 Å². The Hall–Kier alpha value is -0.840. The van der Waals surface area contributed by atoms with E-state index in [0.29, 0.717) is 5.82 Å². The summed E-state index contributed by atoms with van der Waals surface area (Å²) in [7, 11) is 0. The molecule has 0 aromatic heterocycles. The fourth-order valence-electron chi connectivity index (χ4n) is 1.14. The molecule has 2 nitrogen and oxygen atoms in total. The molecule has 0 radical (unpaired) electrons. The minimum absolute atomic E-state index is 0.622. The van der Waals surface area contributed by atoms with Crippen LogP contribution in [0.15, 0.2) is 30.3 Å². The molecule has 2 rings (SSSR count). The van der Waals surface area contributed by atoms with Crippen LogP contribution in [-0.2, 0) is 0 Å². The molecule has 0 saturated carbocycles. The number of nitrogens with zero attached hydrogens (tertiary/aromatic N) is 1. The van der Waals surface area contributed by atoms with Crippen molar-refractivity contribution in [3.05, 3.63) is 33.9 Å². The van der Waals surface area contributed by atoms with Crippen molar-refractivity contribution in [1.29, 1.82) is 0 Å². The van der Waals surface area contributed by atoms with Crippen molar-refractivity contribution in [2.75, 3.05) is 5.73 Å². The molecule has 0 saturated heterocycles. The summed E-state index contributed by atoms with van der Waals surface area (Å²) < 4.78 is 1.04. The Bertz CT molecular complexity index is 387. The lowest BCUT2D eigenvalue weighted by atomic mass is 10.2. The molecule has 0 aromatic carbocycles. The fraction of sp³-hybridized carbons (Fsp3) is 0. The summed E-state index contributed by atoms with van der Waals surface area (Å²) in [5.74, 6) is 0.622. The monoisotopic (exact) mass is 270 g/mol. The van der Waals surface area contributed by atoms with Gasteiger partial charge >= 0.3 is 0 Å². The van der Waals surface area contributed by atoms with E-state index < -0.39 is 0 Å². The van der Waals surface area contributed by atoms with Crippen LogP contribution in [0, 0.1) is 3.57 Å². The minimum Gasteiger partial charge on any atom is -0.383 e. The van der Waals surface area contributed by atoms with Crippen molar-refractivity contribution in [2.24, 2.45) is 0 Å². The summed E-state index contributed by atoms with van der Waals surface area (Å²) in [6.45, 7) is 0. The van der Waals surface area contributed by atoms with E-state index in [1.807, 2.05) is 30.3 Å². The number of nitrogens with two attached hydrogens (primary N) is 1. The lowest BCUT2D eigenvalue weighted by molar-refractivity contribution is 1.41. The van der Waals surface area contributed by atoms with Crippen LogP contribution in [0.2, 0.25) is 0 Å². The third kappa shape index (κ3) is 1.14. The summed E-state index contributed by atoms with van der Waals surface area (Å²) in [5, 5.41) is 0. The molecule has 3 heteroatoms. The lowest BCUT2D eigenvalue weighted by Crippen LogP contribution is -1.84. The van der Waals surface area contributed by atoms with Crippen LogP contribution >= 0.6 is 22.6 Å². The number of hydrogen-bond donors (Lipinski definition) is 1. The molecule has 0 fully saturated rings. The lowest BCUT2D eigenvalue weighted by Gasteiger charge is -1.87. The van der Waals surface area contributed by atoms with Gasteiger partial charge < -0.3 is 5.73 Å². The van der Waals surface area contributed by atoms with Crippen LogP contribution in [0.1, 0.15) is 0 Å². The van der Waals surface area contributed by atoms with Gasteiger partial charge in [0.25, 0.3) is 0 Å². The highest BCUT2D eigenvalue weighted by atomic mass is 127. The molecule has 2 aliphatic rings. The number of nitrogen functional groups attached to an aromatic ring is 1. The Morgan fingerprint density at radius 2 is 1.92 bits per heavy atom. The second kappa shape index (κ2) is 2.90. The fourth-order valence-corrected chi connectivity index (χ4v) is 1.71. The second-order valence-electron chi connectivity index (χ2n) is 2.52. The zero-order chi connectivity index (χ0) is 8.55. The topological polar surface area (TPSA) is 38.9 Å². The van der Waals surface area contributed by atoms with E-state index in [1.54, 1.807) is 0 Å². The summed E-state index contributed by atoms with van der Waals surface area (Å²) in [4.78, 5) is 4.22. The highest BCUT2D eigenvalue weighted by Gasteiger charge is 2.10. The van der Waals surface area contributed by atoms with Gasteiger partial charge in [-0.05, 0) is 28.7 Å². The van der Waals surface area contributed by atoms with Crippen LogP contribution in [0.25, 0.3) is 11.3 Å².